The molecule has 11 heteroatoms. The van der Waals surface area contributed by atoms with Gasteiger partial charge in [0.15, 0.2) is 5.65 Å². The third-order valence-electron chi connectivity index (χ3n) is 5.70. The molecular formula is C22H25F5N6. The second-order valence-electron chi connectivity index (χ2n) is 7.66. The standard InChI is InChI=1S/C21H20F5N5.CH5N/c1-4-12-5-7-31(8-6-12)20-27-10-14-18(29-30(3)19(14)28-20)13-9-15(21(24,25)26)17(23)11(2)16(13)22;1-2/h4,9-10,12H,1,5-8H2,2-3H3;2H2,1H3. The van der Waals surface area contributed by atoms with Crippen molar-refractivity contribution in [1.29, 1.82) is 0 Å². The third-order valence-corrected chi connectivity index (χ3v) is 5.70. The van der Waals surface area contributed by atoms with Gasteiger partial charge in [0.2, 0.25) is 5.95 Å². The maximum absolute atomic E-state index is 14.8. The van der Waals surface area contributed by atoms with E-state index < -0.39 is 34.5 Å². The highest BCUT2D eigenvalue weighted by Crippen LogP contribution is 2.39. The number of hydrogen-bond donors (Lipinski definition) is 1. The van der Waals surface area contributed by atoms with Gasteiger partial charge >= 0.3 is 6.18 Å². The molecule has 0 spiro atoms. The van der Waals surface area contributed by atoms with E-state index in [1.807, 2.05) is 11.0 Å². The minimum atomic E-state index is -4.97. The van der Waals surface area contributed by atoms with Crippen LogP contribution in [0.15, 0.2) is 24.9 Å². The molecule has 2 N–H and O–H groups in total. The maximum atomic E-state index is 14.8. The van der Waals surface area contributed by atoms with Gasteiger partial charge in [-0.2, -0.15) is 23.3 Å². The first-order valence-electron chi connectivity index (χ1n) is 10.3. The van der Waals surface area contributed by atoms with Crippen LogP contribution in [0.2, 0.25) is 0 Å². The van der Waals surface area contributed by atoms with E-state index in [0.717, 1.165) is 32.9 Å². The van der Waals surface area contributed by atoms with Crippen LogP contribution in [0.1, 0.15) is 24.0 Å². The number of anilines is 1. The molecule has 1 aromatic carbocycles. The molecule has 0 amide bonds. The molecule has 0 unspecified atom stereocenters. The first-order valence-corrected chi connectivity index (χ1v) is 10.3. The Labute approximate surface area is 187 Å². The summed E-state index contributed by atoms with van der Waals surface area (Å²) in [6.45, 7) is 6.28. The first-order chi connectivity index (χ1) is 15.6. The fraction of sp³-hybridized carbons (Fsp3) is 0.409. The van der Waals surface area contributed by atoms with Crippen molar-refractivity contribution in [1.82, 2.24) is 19.7 Å². The molecule has 0 atom stereocenters. The molecule has 33 heavy (non-hydrogen) atoms. The highest BCUT2D eigenvalue weighted by molar-refractivity contribution is 5.91. The Morgan fingerprint density at radius 3 is 2.36 bits per heavy atom. The summed E-state index contributed by atoms with van der Waals surface area (Å²) in [5.74, 6) is -1.82. The quantitative estimate of drug-likeness (QED) is 0.449. The van der Waals surface area contributed by atoms with Crippen LogP contribution < -0.4 is 10.6 Å². The smallest absolute Gasteiger partial charge is 0.341 e. The van der Waals surface area contributed by atoms with Crippen LogP contribution in [0.5, 0.6) is 0 Å². The molecule has 6 nitrogen and oxygen atoms in total. The van der Waals surface area contributed by atoms with Crippen molar-refractivity contribution in [3.63, 3.8) is 0 Å². The Kier molecular flexibility index (Phi) is 7.01. The van der Waals surface area contributed by atoms with E-state index in [2.05, 4.69) is 27.4 Å². The lowest BCUT2D eigenvalue weighted by atomic mass is 9.97. The minimum absolute atomic E-state index is 0.0690. The normalized spacial score (nSPS) is 14.9. The molecule has 1 aliphatic heterocycles. The Morgan fingerprint density at radius 1 is 1.15 bits per heavy atom. The van der Waals surface area contributed by atoms with Gasteiger partial charge in [0.25, 0.3) is 0 Å². The van der Waals surface area contributed by atoms with Gasteiger partial charge in [0.1, 0.15) is 17.3 Å². The van der Waals surface area contributed by atoms with Gasteiger partial charge in [-0.3, -0.25) is 0 Å². The van der Waals surface area contributed by atoms with Crippen molar-refractivity contribution in [2.45, 2.75) is 25.9 Å². The molecule has 178 valence electrons. The summed E-state index contributed by atoms with van der Waals surface area (Å²) in [5, 5.41) is 4.46. The number of allylic oxidation sites excluding steroid dienone is 1. The predicted octanol–water partition coefficient (Wildman–Crippen LogP) is 4.61. The second kappa shape index (κ2) is 9.42. The average Bonchev–Trinajstić information content (AvgIpc) is 3.14. The number of halogens is 5. The molecule has 1 saturated heterocycles. The Hall–Kier alpha value is -3.08. The highest BCUT2D eigenvalue weighted by atomic mass is 19.4. The van der Waals surface area contributed by atoms with E-state index in [1.54, 1.807) is 7.05 Å². The van der Waals surface area contributed by atoms with Crippen LogP contribution in [-0.2, 0) is 13.2 Å². The van der Waals surface area contributed by atoms with Gasteiger partial charge in [-0.05, 0) is 38.8 Å². The summed E-state index contributed by atoms with van der Waals surface area (Å²) in [6.07, 6.45) is 0.223. The summed E-state index contributed by atoms with van der Waals surface area (Å²) in [7, 11) is 3.06. The summed E-state index contributed by atoms with van der Waals surface area (Å²) < 4.78 is 70.0. The van der Waals surface area contributed by atoms with Crippen molar-refractivity contribution in [3.8, 4) is 11.3 Å². The molecule has 2 aromatic heterocycles. The number of nitrogens with two attached hydrogens (primary N) is 1. The molecule has 1 fully saturated rings. The van der Waals surface area contributed by atoms with Crippen LogP contribution in [0, 0.1) is 24.5 Å². The zero-order valence-corrected chi connectivity index (χ0v) is 18.5. The van der Waals surface area contributed by atoms with Crippen molar-refractivity contribution in [2.75, 3.05) is 25.0 Å². The van der Waals surface area contributed by atoms with Gasteiger partial charge in [-0.1, -0.05) is 6.08 Å². The predicted molar refractivity (Wildman–Crippen MR) is 117 cm³/mol. The van der Waals surface area contributed by atoms with E-state index in [1.165, 1.54) is 17.9 Å². The summed E-state index contributed by atoms with van der Waals surface area (Å²) in [4.78, 5) is 10.9. The van der Waals surface area contributed by atoms with E-state index in [-0.39, 0.29) is 11.1 Å². The Morgan fingerprint density at radius 2 is 1.79 bits per heavy atom. The Bertz CT molecular complexity index is 1160. The summed E-state index contributed by atoms with van der Waals surface area (Å²) in [5.41, 5.74) is 2.08. The average molecular weight is 468 g/mol. The van der Waals surface area contributed by atoms with Crippen LogP contribution in [-0.4, -0.2) is 39.9 Å². The third kappa shape index (κ3) is 4.54. The van der Waals surface area contributed by atoms with Crippen LogP contribution in [0.4, 0.5) is 27.9 Å². The van der Waals surface area contributed by atoms with Gasteiger partial charge in [0.05, 0.1) is 10.9 Å². The highest BCUT2D eigenvalue weighted by Gasteiger charge is 2.37. The van der Waals surface area contributed by atoms with Crippen LogP contribution in [0.3, 0.4) is 0 Å². The van der Waals surface area contributed by atoms with Crippen molar-refractivity contribution < 1.29 is 22.0 Å². The topological polar surface area (TPSA) is 72.9 Å². The van der Waals surface area contributed by atoms with Crippen molar-refractivity contribution in [2.24, 2.45) is 18.7 Å². The van der Waals surface area contributed by atoms with Gasteiger partial charge in [0, 0.05) is 37.5 Å². The summed E-state index contributed by atoms with van der Waals surface area (Å²) >= 11 is 0. The molecule has 0 saturated carbocycles. The lowest BCUT2D eigenvalue weighted by Crippen LogP contribution is -2.34. The molecule has 0 radical (unpaired) electrons. The zero-order chi connectivity index (χ0) is 24.5. The maximum Gasteiger partial charge on any atom is 0.419 e. The van der Waals surface area contributed by atoms with E-state index >= 15 is 0 Å². The molecule has 4 rings (SSSR count). The number of piperidine rings is 1. The fourth-order valence-electron chi connectivity index (χ4n) is 3.87. The zero-order valence-electron chi connectivity index (χ0n) is 18.5. The first kappa shape index (κ1) is 24.6. The SMILES string of the molecule is C=CC1CCN(c2ncc3c(-c4cc(C(F)(F)F)c(F)c(C)c4F)nn(C)c3n2)CC1.CN. The van der Waals surface area contributed by atoms with Crippen LogP contribution in [0.25, 0.3) is 22.3 Å². The molecule has 1 aliphatic rings. The second-order valence-corrected chi connectivity index (χ2v) is 7.66. The number of aryl methyl sites for hydroxylation is 1. The molecule has 3 heterocycles. The lowest BCUT2D eigenvalue weighted by Gasteiger charge is -2.30. The minimum Gasteiger partial charge on any atom is -0.341 e. The van der Waals surface area contributed by atoms with Crippen molar-refractivity contribution in [3.05, 3.63) is 47.7 Å². The number of hydrogen-bond acceptors (Lipinski definition) is 5. The van der Waals surface area contributed by atoms with E-state index in [9.17, 15) is 22.0 Å². The monoisotopic (exact) mass is 468 g/mol. The number of alkyl halides is 3. The number of fused-ring (bicyclic) bond motifs is 1. The largest absolute Gasteiger partial charge is 0.419 e. The fourth-order valence-corrected chi connectivity index (χ4v) is 3.87. The Balaban J connectivity index is 0.00000149. The molecule has 0 aliphatic carbocycles. The van der Waals surface area contributed by atoms with Gasteiger partial charge in [-0.15, -0.1) is 6.58 Å². The molecule has 3 aromatic rings. The number of aromatic nitrogens is 4. The number of benzene rings is 1. The lowest BCUT2D eigenvalue weighted by molar-refractivity contribution is -0.140. The van der Waals surface area contributed by atoms with Crippen LogP contribution >= 0.6 is 0 Å². The molecular weight excluding hydrogens is 443 g/mol. The number of rotatable bonds is 3. The van der Waals surface area contributed by atoms with E-state index in [4.69, 9.17) is 0 Å². The van der Waals surface area contributed by atoms with Crippen molar-refractivity contribution >= 4 is 17.0 Å². The van der Waals surface area contributed by atoms with Gasteiger partial charge < -0.3 is 10.6 Å². The van der Waals surface area contributed by atoms with Gasteiger partial charge in [-0.25, -0.2) is 18.4 Å². The number of nitrogens with zero attached hydrogens (tertiary/aromatic N) is 5. The molecule has 0 bridgehead atoms. The van der Waals surface area contributed by atoms with E-state index in [0.29, 0.717) is 23.6 Å². The summed E-state index contributed by atoms with van der Waals surface area (Å²) in [6, 6.07) is 0.452.